The number of nitrogens with zero attached hydrogens (tertiary/aromatic N) is 3. The molecule has 1 saturated carbocycles. The maximum atomic E-state index is 5.98. The van der Waals surface area contributed by atoms with Gasteiger partial charge in [-0.05, 0) is 76.3 Å². The Balaban J connectivity index is 0.000000196. The molecule has 4 aromatic heterocycles. The molecule has 0 spiro atoms. The summed E-state index contributed by atoms with van der Waals surface area (Å²) in [5, 5.41) is 3.57. The molecule has 0 amide bonds. The van der Waals surface area contributed by atoms with Crippen molar-refractivity contribution < 1.29 is 24.5 Å². The summed E-state index contributed by atoms with van der Waals surface area (Å²) in [7, 11) is -1.41. The van der Waals surface area contributed by atoms with E-state index in [0.717, 1.165) is 51.2 Å². The first-order chi connectivity index (χ1) is 23.7. The molecule has 0 unspecified atom stereocenters. The molecule has 1 aliphatic rings. The third kappa shape index (κ3) is 9.33. The second-order valence-corrected chi connectivity index (χ2v) is 22.4. The van der Waals surface area contributed by atoms with Crippen molar-refractivity contribution in [2.24, 2.45) is 5.41 Å². The SMILES string of the molecule is CC(C)(C)Cc1cc(-c2[c-]ccc(C3CCCCC3)c2)ncc1[Si](C)(C)C.CC(C)(C)c1ccnc(-c2[c-]ccc3c2oc2ncccc23)c1.[Ir]. The molecule has 4 heterocycles. The van der Waals surface area contributed by atoms with Crippen LogP contribution in [-0.4, -0.2) is 23.0 Å². The molecule has 0 N–H and O–H groups in total. The van der Waals surface area contributed by atoms with Crippen molar-refractivity contribution in [3.63, 3.8) is 0 Å². The molecule has 1 radical (unpaired) electrons. The monoisotopic (exact) mass is 872 g/mol. The predicted octanol–water partition coefficient (Wildman–Crippen LogP) is 11.9. The summed E-state index contributed by atoms with van der Waals surface area (Å²) in [5.74, 6) is 0.724. The molecule has 4 nitrogen and oxygen atoms in total. The van der Waals surface area contributed by atoms with Crippen molar-refractivity contribution in [1.82, 2.24) is 15.0 Å². The smallest absolute Gasteiger partial charge is 0.216 e. The second-order valence-electron chi connectivity index (χ2n) is 17.3. The van der Waals surface area contributed by atoms with E-state index in [1.165, 1.54) is 54.0 Å². The number of furan rings is 1. The zero-order chi connectivity index (χ0) is 35.7. The van der Waals surface area contributed by atoms with Gasteiger partial charge in [0.1, 0.15) is 0 Å². The maximum absolute atomic E-state index is 5.98. The minimum absolute atomic E-state index is 0. The van der Waals surface area contributed by atoms with Gasteiger partial charge >= 0.3 is 0 Å². The van der Waals surface area contributed by atoms with E-state index in [9.17, 15) is 0 Å². The van der Waals surface area contributed by atoms with Crippen LogP contribution in [0.2, 0.25) is 19.6 Å². The number of hydrogen-bond acceptors (Lipinski definition) is 4. The summed E-state index contributed by atoms with van der Waals surface area (Å²) in [6.45, 7) is 20.8. The number of fused-ring (bicyclic) bond motifs is 3. The average Bonchev–Trinajstić information content (AvgIpc) is 3.46. The Kier molecular flexibility index (Phi) is 11.9. The van der Waals surface area contributed by atoms with Gasteiger partial charge in [0.25, 0.3) is 0 Å². The van der Waals surface area contributed by atoms with Crippen LogP contribution < -0.4 is 5.19 Å². The van der Waals surface area contributed by atoms with Gasteiger partial charge in [0.15, 0.2) is 0 Å². The summed E-state index contributed by atoms with van der Waals surface area (Å²) >= 11 is 0. The molecule has 1 fully saturated rings. The molecule has 6 aromatic rings. The molecule has 1 aliphatic carbocycles. The summed E-state index contributed by atoms with van der Waals surface area (Å²) in [4.78, 5) is 13.7. The van der Waals surface area contributed by atoms with Crippen LogP contribution >= 0.6 is 0 Å². The van der Waals surface area contributed by atoms with Crippen molar-refractivity contribution in [2.75, 3.05) is 0 Å². The van der Waals surface area contributed by atoms with Gasteiger partial charge in [-0.25, -0.2) is 4.98 Å². The minimum atomic E-state index is -1.41. The van der Waals surface area contributed by atoms with Crippen molar-refractivity contribution in [3.8, 4) is 22.5 Å². The fourth-order valence-electron chi connectivity index (χ4n) is 7.16. The van der Waals surface area contributed by atoms with E-state index in [2.05, 4.69) is 126 Å². The minimum Gasteiger partial charge on any atom is -0.486 e. The van der Waals surface area contributed by atoms with Gasteiger partial charge in [-0.2, -0.15) is 0 Å². The van der Waals surface area contributed by atoms with Crippen LogP contribution in [0.25, 0.3) is 44.6 Å². The molecule has 0 aliphatic heterocycles. The zero-order valence-corrected chi connectivity index (χ0v) is 35.3. The van der Waals surface area contributed by atoms with Crippen LogP contribution in [0.4, 0.5) is 0 Å². The Morgan fingerprint density at radius 2 is 1.53 bits per heavy atom. The van der Waals surface area contributed by atoms with Gasteiger partial charge in [-0.3, -0.25) is 0 Å². The Morgan fingerprint density at radius 3 is 2.24 bits per heavy atom. The van der Waals surface area contributed by atoms with Crippen molar-refractivity contribution in [1.29, 1.82) is 0 Å². The largest absolute Gasteiger partial charge is 0.486 e. The second kappa shape index (κ2) is 15.7. The van der Waals surface area contributed by atoms with Crippen LogP contribution in [0.1, 0.15) is 96.3 Å². The molecule has 7 rings (SSSR count). The van der Waals surface area contributed by atoms with E-state index >= 15 is 0 Å². The third-order valence-corrected chi connectivity index (χ3v) is 11.9. The maximum Gasteiger partial charge on any atom is 0.216 e. The fourth-order valence-corrected chi connectivity index (χ4v) is 8.74. The summed E-state index contributed by atoms with van der Waals surface area (Å²) in [6, 6.07) is 27.9. The number of pyridine rings is 3. The van der Waals surface area contributed by atoms with Gasteiger partial charge in [0.2, 0.25) is 5.71 Å². The number of aromatic nitrogens is 3. The van der Waals surface area contributed by atoms with Crippen LogP contribution in [0.3, 0.4) is 0 Å². The van der Waals surface area contributed by atoms with Gasteiger partial charge in [0.05, 0.1) is 13.7 Å². The topological polar surface area (TPSA) is 51.8 Å². The summed E-state index contributed by atoms with van der Waals surface area (Å²) < 4.78 is 5.98. The number of hydrogen-bond donors (Lipinski definition) is 0. The van der Waals surface area contributed by atoms with Gasteiger partial charge in [-0.1, -0.05) is 109 Å². The standard InChI is InChI=1S/C25H36NSi.C20H17N2O.Ir/c1-25(2,3)17-22-16-23(26-18-24(22)27(4,5)6)21-14-10-13-20(15-21)19-11-8-7-9-12-19;1-20(2,3)13-9-11-21-17(12-13)16-7-4-6-14-15-8-5-10-22-19(15)23-18(14)16;/h10,13,15-16,18-19H,7-9,11-12,17H2,1-6H3;4-6,8-12H,1-3H3;/q2*-1;. The van der Waals surface area contributed by atoms with Crippen molar-refractivity contribution >= 4 is 35.3 Å². The van der Waals surface area contributed by atoms with E-state index in [4.69, 9.17) is 9.40 Å². The summed E-state index contributed by atoms with van der Waals surface area (Å²) in [5.41, 5.74) is 10.0. The third-order valence-electron chi connectivity index (χ3n) is 9.79. The van der Waals surface area contributed by atoms with Gasteiger partial charge in [0, 0.05) is 44.1 Å². The molecule has 0 saturated heterocycles. The van der Waals surface area contributed by atoms with E-state index < -0.39 is 8.07 Å². The molecular formula is C45H53IrN3OSi-2. The van der Waals surface area contributed by atoms with Crippen LogP contribution in [0.15, 0.2) is 83.7 Å². The molecule has 0 bridgehead atoms. The average molecular weight is 872 g/mol. The quantitative estimate of drug-likeness (QED) is 0.128. The first-order valence-corrected chi connectivity index (χ1v) is 21.8. The Labute approximate surface area is 320 Å². The molecule has 51 heavy (non-hydrogen) atoms. The predicted molar refractivity (Wildman–Crippen MR) is 213 cm³/mol. The molecule has 0 atom stereocenters. The number of benzene rings is 2. The Morgan fingerprint density at radius 1 is 0.784 bits per heavy atom. The number of rotatable bonds is 5. The molecule has 269 valence electrons. The van der Waals surface area contributed by atoms with E-state index in [-0.39, 0.29) is 30.9 Å². The first-order valence-electron chi connectivity index (χ1n) is 18.3. The van der Waals surface area contributed by atoms with Crippen molar-refractivity contribution in [3.05, 3.63) is 108 Å². The van der Waals surface area contributed by atoms with Crippen molar-refractivity contribution in [2.45, 2.75) is 111 Å². The normalized spacial score (nSPS) is 14.2. The van der Waals surface area contributed by atoms with Gasteiger partial charge < -0.3 is 14.4 Å². The van der Waals surface area contributed by atoms with Crippen LogP contribution in [0, 0.1) is 17.5 Å². The summed E-state index contributed by atoms with van der Waals surface area (Å²) in [6.07, 6.45) is 13.7. The molecular weight excluding hydrogens is 819 g/mol. The van der Waals surface area contributed by atoms with Crippen LogP contribution in [0.5, 0.6) is 0 Å². The molecule has 2 aromatic carbocycles. The Hall–Kier alpha value is -3.44. The molecule has 6 heteroatoms. The van der Waals surface area contributed by atoms with E-state index in [1.54, 1.807) is 6.20 Å². The zero-order valence-electron chi connectivity index (χ0n) is 31.9. The first kappa shape index (κ1) is 38.8. The Bertz CT molecular complexity index is 2090. The fraction of sp³-hybridized carbons (Fsp3) is 0.400. The van der Waals surface area contributed by atoms with Crippen LogP contribution in [-0.2, 0) is 31.9 Å². The van der Waals surface area contributed by atoms with Gasteiger partial charge in [-0.15, -0.1) is 53.6 Å². The van der Waals surface area contributed by atoms with E-state index in [1.807, 2.05) is 30.5 Å². The van der Waals surface area contributed by atoms with E-state index in [0.29, 0.717) is 5.71 Å².